The molecule has 1 fully saturated rings. The molecule has 0 saturated carbocycles. The lowest BCUT2D eigenvalue weighted by molar-refractivity contribution is 0.0376. The number of aromatic nitrogens is 2. The first-order valence-electron chi connectivity index (χ1n) is 14.6. The lowest BCUT2D eigenvalue weighted by atomic mass is 10.1. The molecule has 0 atom stereocenters. The number of carboxylic acids is 1. The maximum absolute atomic E-state index is 14.1. The second-order valence-corrected chi connectivity index (χ2v) is 12.4. The van der Waals surface area contributed by atoms with Crippen LogP contribution in [0.1, 0.15) is 38.4 Å². The molecule has 1 aromatic heterocycles. The van der Waals surface area contributed by atoms with Crippen LogP contribution in [0, 0.1) is 19.7 Å². The molecule has 14 heteroatoms. The molecule has 0 spiro atoms. The Morgan fingerprint density at radius 1 is 1.04 bits per heavy atom. The molecule has 1 aliphatic rings. The zero-order valence-corrected chi connectivity index (χ0v) is 26.1. The molecule has 46 heavy (non-hydrogen) atoms. The highest BCUT2D eigenvalue weighted by atomic mass is 32.2. The normalized spacial score (nSPS) is 13.8. The summed E-state index contributed by atoms with van der Waals surface area (Å²) in [6.45, 7) is 6.84. The third-order valence-electron chi connectivity index (χ3n) is 7.46. The summed E-state index contributed by atoms with van der Waals surface area (Å²) in [7, 11) is -4.23. The van der Waals surface area contributed by atoms with Gasteiger partial charge in [-0.3, -0.25) is 9.69 Å². The van der Waals surface area contributed by atoms with E-state index in [1.54, 1.807) is 31.2 Å². The lowest BCUT2D eigenvalue weighted by Gasteiger charge is -2.26. The van der Waals surface area contributed by atoms with Crippen molar-refractivity contribution in [3.05, 3.63) is 94.9 Å². The minimum atomic E-state index is -4.23. The fourth-order valence-corrected chi connectivity index (χ4v) is 6.23. The predicted octanol–water partition coefficient (Wildman–Crippen LogP) is 4.37. The van der Waals surface area contributed by atoms with Crippen LogP contribution in [0.5, 0.6) is 11.6 Å². The first kappa shape index (κ1) is 32.8. The number of carbonyl (C=O) groups excluding carboxylic acids is 1. The van der Waals surface area contributed by atoms with Crippen molar-refractivity contribution in [2.24, 2.45) is 0 Å². The summed E-state index contributed by atoms with van der Waals surface area (Å²) in [5, 5.41) is 16.6. The second-order valence-electron chi connectivity index (χ2n) is 10.7. The summed E-state index contributed by atoms with van der Waals surface area (Å²) < 4.78 is 56.8. The smallest absolute Gasteiger partial charge is 0.356 e. The van der Waals surface area contributed by atoms with Crippen LogP contribution in [0.3, 0.4) is 0 Å². The number of benzene rings is 3. The van der Waals surface area contributed by atoms with Gasteiger partial charge in [0, 0.05) is 36.4 Å². The number of amides is 1. The van der Waals surface area contributed by atoms with Gasteiger partial charge in [0.2, 0.25) is 15.9 Å². The maximum Gasteiger partial charge on any atom is 0.356 e. The number of nitrogens with one attached hydrogen (secondary N) is 2. The third kappa shape index (κ3) is 7.59. The van der Waals surface area contributed by atoms with Crippen LogP contribution in [0.25, 0.3) is 5.69 Å². The number of carbonyl (C=O) groups is 2. The van der Waals surface area contributed by atoms with Gasteiger partial charge in [-0.25, -0.2) is 22.3 Å². The number of aryl methyl sites for hydroxylation is 1. The number of carboxylic acid groups (broad SMARTS) is 1. The van der Waals surface area contributed by atoms with E-state index in [0.29, 0.717) is 31.7 Å². The summed E-state index contributed by atoms with van der Waals surface area (Å²) in [5.74, 6) is -2.65. The summed E-state index contributed by atoms with van der Waals surface area (Å²) >= 11 is 0. The van der Waals surface area contributed by atoms with E-state index in [-0.39, 0.29) is 45.7 Å². The van der Waals surface area contributed by atoms with Crippen LogP contribution in [-0.4, -0.2) is 79.5 Å². The number of ether oxygens (including phenoxy) is 2. The number of hydrogen-bond donors (Lipinski definition) is 3. The van der Waals surface area contributed by atoms with Crippen molar-refractivity contribution in [2.45, 2.75) is 25.2 Å². The van der Waals surface area contributed by atoms with E-state index < -0.39 is 27.7 Å². The lowest BCUT2D eigenvalue weighted by Crippen LogP contribution is -2.38. The number of halogens is 1. The predicted molar refractivity (Wildman–Crippen MR) is 168 cm³/mol. The topological polar surface area (TPSA) is 152 Å². The molecule has 3 N–H and O–H groups in total. The Morgan fingerprint density at radius 3 is 2.52 bits per heavy atom. The van der Waals surface area contributed by atoms with Crippen LogP contribution in [0.15, 0.2) is 71.6 Å². The molecule has 1 saturated heterocycles. The van der Waals surface area contributed by atoms with E-state index in [2.05, 4.69) is 20.0 Å². The number of hydrogen-bond acceptors (Lipinski definition) is 8. The average Bonchev–Trinajstić information content (AvgIpc) is 3.36. The van der Waals surface area contributed by atoms with Crippen LogP contribution in [0.2, 0.25) is 0 Å². The van der Waals surface area contributed by atoms with Gasteiger partial charge < -0.3 is 19.9 Å². The first-order chi connectivity index (χ1) is 22.0. The first-order valence-corrected chi connectivity index (χ1v) is 16.1. The zero-order chi connectivity index (χ0) is 32.8. The Hall–Kier alpha value is -4.63. The molecule has 5 rings (SSSR count). The van der Waals surface area contributed by atoms with E-state index in [1.807, 2.05) is 0 Å². The van der Waals surface area contributed by atoms with Crippen LogP contribution in [-0.2, 0) is 14.8 Å². The van der Waals surface area contributed by atoms with Crippen molar-refractivity contribution >= 4 is 27.6 Å². The van der Waals surface area contributed by atoms with Gasteiger partial charge in [0.1, 0.15) is 16.5 Å². The quantitative estimate of drug-likeness (QED) is 0.190. The van der Waals surface area contributed by atoms with Gasteiger partial charge in [0.05, 0.1) is 18.9 Å². The van der Waals surface area contributed by atoms with Gasteiger partial charge in [0.25, 0.3) is 5.91 Å². The standard InChI is InChI=1S/C32H34FN5O7S/c1-21-7-3-4-10-26(21)30(39)35-24-11-12-27(28(20-24)46(42,43)34-13-6-14-37-15-17-44-18-16-37)45-31-22(2)29(32(40)41)36-38(31)25-9-5-8-23(33)19-25/h3-5,7-12,19-20,34H,6,13-18H2,1-2H3,(H,35,39)(H,40,41). The zero-order valence-electron chi connectivity index (χ0n) is 25.3. The monoisotopic (exact) mass is 651 g/mol. The van der Waals surface area contributed by atoms with Gasteiger partial charge in [-0.15, -0.1) is 0 Å². The highest BCUT2D eigenvalue weighted by molar-refractivity contribution is 7.89. The fraction of sp³-hybridized carbons (Fsp3) is 0.281. The molecular formula is C32H34FN5O7S. The van der Waals surface area contributed by atoms with Crippen molar-refractivity contribution in [1.29, 1.82) is 0 Å². The molecule has 0 radical (unpaired) electrons. The minimum Gasteiger partial charge on any atom is -0.476 e. The molecule has 0 aliphatic carbocycles. The van der Waals surface area contributed by atoms with Crippen LogP contribution in [0.4, 0.5) is 10.1 Å². The number of aromatic carboxylic acids is 1. The Kier molecular flexibility index (Phi) is 10.1. The van der Waals surface area contributed by atoms with Gasteiger partial charge >= 0.3 is 5.97 Å². The maximum atomic E-state index is 14.1. The molecule has 242 valence electrons. The van der Waals surface area contributed by atoms with Gasteiger partial charge in [-0.1, -0.05) is 24.3 Å². The summed E-state index contributed by atoms with van der Waals surface area (Å²) in [6, 6.07) is 16.4. The number of morpholine rings is 1. The van der Waals surface area contributed by atoms with Crippen molar-refractivity contribution in [3.63, 3.8) is 0 Å². The molecule has 0 unspecified atom stereocenters. The summed E-state index contributed by atoms with van der Waals surface area (Å²) in [5.41, 5.74) is 1.26. The molecule has 4 aromatic rings. The average molecular weight is 652 g/mol. The Labute approximate surface area is 265 Å². The minimum absolute atomic E-state index is 0.0931. The van der Waals surface area contributed by atoms with Crippen molar-refractivity contribution < 1.29 is 37.0 Å². The van der Waals surface area contributed by atoms with Crippen molar-refractivity contribution in [3.8, 4) is 17.3 Å². The van der Waals surface area contributed by atoms with Gasteiger partial charge in [0.15, 0.2) is 5.69 Å². The largest absolute Gasteiger partial charge is 0.476 e. The number of anilines is 1. The highest BCUT2D eigenvalue weighted by Crippen LogP contribution is 2.35. The second kappa shape index (κ2) is 14.2. The fourth-order valence-electron chi connectivity index (χ4n) is 5.01. The molecule has 1 amide bonds. The SMILES string of the molecule is Cc1ccccc1C(=O)Nc1ccc(Oc2c(C)c(C(=O)O)nn2-c2cccc(F)c2)c(S(=O)(=O)NCCCN2CCOCC2)c1. The highest BCUT2D eigenvalue weighted by Gasteiger charge is 2.27. The third-order valence-corrected chi connectivity index (χ3v) is 8.94. The van der Waals surface area contributed by atoms with Crippen LogP contribution >= 0.6 is 0 Å². The molecular weight excluding hydrogens is 617 g/mol. The Morgan fingerprint density at radius 2 is 1.80 bits per heavy atom. The number of sulfonamides is 1. The van der Waals surface area contributed by atoms with Crippen molar-refractivity contribution in [2.75, 3.05) is 44.7 Å². The van der Waals surface area contributed by atoms with Crippen molar-refractivity contribution in [1.82, 2.24) is 19.4 Å². The molecule has 1 aliphatic heterocycles. The molecule has 0 bridgehead atoms. The van der Waals surface area contributed by atoms with Gasteiger partial charge in [-0.05, 0) is 74.8 Å². The molecule has 12 nitrogen and oxygen atoms in total. The van der Waals surface area contributed by atoms with Gasteiger partial charge in [-0.2, -0.15) is 9.78 Å². The van der Waals surface area contributed by atoms with E-state index in [1.165, 1.54) is 43.3 Å². The Bertz CT molecular complexity index is 1860. The number of rotatable bonds is 12. The number of nitrogens with zero attached hydrogens (tertiary/aromatic N) is 3. The van der Waals surface area contributed by atoms with Crippen LogP contribution < -0.4 is 14.8 Å². The molecule has 3 aromatic carbocycles. The van der Waals surface area contributed by atoms with E-state index in [4.69, 9.17) is 9.47 Å². The molecule has 2 heterocycles. The van der Waals surface area contributed by atoms with E-state index in [9.17, 15) is 27.5 Å². The summed E-state index contributed by atoms with van der Waals surface area (Å²) in [4.78, 5) is 26.9. The van der Waals surface area contributed by atoms with E-state index in [0.717, 1.165) is 29.4 Å². The van der Waals surface area contributed by atoms with E-state index >= 15 is 0 Å². The Balaban J connectivity index is 1.49. The summed E-state index contributed by atoms with van der Waals surface area (Å²) in [6.07, 6.45) is 0.534.